The van der Waals surface area contributed by atoms with Crippen LogP contribution in [0, 0.1) is 11.5 Å². The Morgan fingerprint density at radius 3 is 2.84 bits per heavy atom. The van der Waals surface area contributed by atoms with E-state index in [1.807, 2.05) is 25.2 Å². The number of hydrogen-bond acceptors (Lipinski definition) is 7. The second kappa shape index (κ2) is 9.75. The van der Waals surface area contributed by atoms with Crippen LogP contribution < -0.4 is 4.72 Å². The van der Waals surface area contributed by atoms with Gasteiger partial charge in [0, 0.05) is 28.1 Å². The Labute approximate surface area is 208 Å². The highest BCUT2D eigenvalue weighted by Crippen LogP contribution is 2.28. The number of likely N-dealkylation sites (N-methyl/N-ethyl adjacent to an activating group) is 1. The standard InChI is InChI=1S/C21H21Br2N5O2S2/c1-27(12-21-25-18-4-2-3-5-19(18)31-21)11-16-9-15(10-28(16)13-24)26-32(29,30)20-8-14(22)6-7-17(20)23/h2-8,15-16,26H,9-12H2,1H3/t15-,16-/m1/s1. The molecule has 0 amide bonds. The molecule has 1 aromatic heterocycles. The SMILES string of the molecule is CN(Cc1nc2ccccc2s1)C[C@H]1C[C@@H](NS(=O)(=O)c2cc(Br)ccc2Br)CN1C#N. The van der Waals surface area contributed by atoms with Crippen molar-refractivity contribution < 1.29 is 8.42 Å². The lowest BCUT2D eigenvalue weighted by Crippen LogP contribution is -2.36. The first-order chi connectivity index (χ1) is 15.2. The number of hydrogen-bond donors (Lipinski definition) is 1. The predicted molar refractivity (Wildman–Crippen MR) is 133 cm³/mol. The first-order valence-electron chi connectivity index (χ1n) is 9.92. The summed E-state index contributed by atoms with van der Waals surface area (Å²) in [6.07, 6.45) is 2.78. The quantitative estimate of drug-likeness (QED) is 0.411. The minimum absolute atomic E-state index is 0.0713. The van der Waals surface area contributed by atoms with E-state index in [9.17, 15) is 13.7 Å². The van der Waals surface area contributed by atoms with Crippen LogP contribution in [0.2, 0.25) is 0 Å². The summed E-state index contributed by atoms with van der Waals surface area (Å²) in [7, 11) is -1.73. The first-order valence-corrected chi connectivity index (χ1v) is 13.8. The van der Waals surface area contributed by atoms with Crippen molar-refractivity contribution in [3.05, 3.63) is 56.4 Å². The Bertz CT molecular complexity index is 1240. The molecule has 4 rings (SSSR count). The van der Waals surface area contributed by atoms with Gasteiger partial charge in [-0.3, -0.25) is 4.90 Å². The van der Waals surface area contributed by atoms with Gasteiger partial charge in [0.25, 0.3) is 0 Å². The number of sulfonamides is 1. The molecule has 1 aliphatic heterocycles. The summed E-state index contributed by atoms with van der Waals surface area (Å²) in [5, 5.41) is 10.6. The summed E-state index contributed by atoms with van der Waals surface area (Å²) in [6.45, 7) is 1.67. The minimum atomic E-state index is -3.73. The van der Waals surface area contributed by atoms with Gasteiger partial charge in [0.15, 0.2) is 6.19 Å². The van der Waals surface area contributed by atoms with Gasteiger partial charge < -0.3 is 4.90 Å². The minimum Gasteiger partial charge on any atom is -0.305 e. The fourth-order valence-corrected chi connectivity index (χ4v) is 7.70. The molecule has 2 heterocycles. The van der Waals surface area contributed by atoms with Gasteiger partial charge in [0.05, 0.1) is 27.7 Å². The molecular weight excluding hydrogens is 578 g/mol. The topological polar surface area (TPSA) is 89.3 Å². The van der Waals surface area contributed by atoms with Gasteiger partial charge in [0.2, 0.25) is 10.0 Å². The Morgan fingerprint density at radius 2 is 2.09 bits per heavy atom. The lowest BCUT2D eigenvalue weighted by molar-refractivity contribution is 0.237. The highest BCUT2D eigenvalue weighted by molar-refractivity contribution is 9.11. The van der Waals surface area contributed by atoms with Crippen LogP contribution in [0.3, 0.4) is 0 Å². The molecule has 0 bridgehead atoms. The summed E-state index contributed by atoms with van der Waals surface area (Å²) in [5.74, 6) is 0. The summed E-state index contributed by atoms with van der Waals surface area (Å²) in [5.41, 5.74) is 0.994. The number of fused-ring (bicyclic) bond motifs is 1. The van der Waals surface area contributed by atoms with Crippen molar-refractivity contribution in [1.82, 2.24) is 19.5 Å². The summed E-state index contributed by atoms with van der Waals surface area (Å²) < 4.78 is 31.0. The fourth-order valence-electron chi connectivity index (χ4n) is 3.91. The van der Waals surface area contributed by atoms with Gasteiger partial charge >= 0.3 is 0 Å². The predicted octanol–water partition coefficient (Wildman–Crippen LogP) is 4.16. The van der Waals surface area contributed by atoms with Crippen LogP contribution in [0.4, 0.5) is 0 Å². The second-order valence-electron chi connectivity index (χ2n) is 7.81. The number of thiazole rings is 1. The Morgan fingerprint density at radius 1 is 1.31 bits per heavy atom. The summed E-state index contributed by atoms with van der Waals surface area (Å²) in [6, 6.07) is 12.7. The van der Waals surface area contributed by atoms with Crippen molar-refractivity contribution in [1.29, 1.82) is 5.26 Å². The van der Waals surface area contributed by atoms with Gasteiger partial charge in [-0.1, -0.05) is 28.1 Å². The van der Waals surface area contributed by atoms with Gasteiger partial charge in [-0.2, -0.15) is 5.26 Å². The van der Waals surface area contributed by atoms with Crippen molar-refractivity contribution in [3.63, 3.8) is 0 Å². The van der Waals surface area contributed by atoms with E-state index >= 15 is 0 Å². The van der Waals surface area contributed by atoms with Crippen LogP contribution in [0.1, 0.15) is 11.4 Å². The Kier molecular flexibility index (Phi) is 7.19. The van der Waals surface area contributed by atoms with Crippen molar-refractivity contribution in [2.24, 2.45) is 0 Å². The molecule has 7 nitrogen and oxygen atoms in total. The largest absolute Gasteiger partial charge is 0.305 e. The van der Waals surface area contributed by atoms with Gasteiger partial charge in [-0.05, 0) is 59.7 Å². The molecular formula is C21H21Br2N5O2S2. The van der Waals surface area contributed by atoms with E-state index in [-0.39, 0.29) is 17.0 Å². The molecule has 3 aromatic rings. The van der Waals surface area contributed by atoms with Crippen molar-refractivity contribution in [2.75, 3.05) is 20.1 Å². The Balaban J connectivity index is 1.41. The molecule has 0 aliphatic carbocycles. The molecule has 1 N–H and O–H groups in total. The van der Waals surface area contributed by atoms with Crippen LogP contribution in [-0.2, 0) is 16.6 Å². The Hall–Kier alpha value is -1.55. The third kappa shape index (κ3) is 5.32. The smallest absolute Gasteiger partial charge is 0.242 e. The number of likely N-dealkylation sites (tertiary alicyclic amines) is 1. The highest BCUT2D eigenvalue weighted by Gasteiger charge is 2.35. The number of nitriles is 1. The maximum Gasteiger partial charge on any atom is 0.242 e. The normalized spacial score (nSPS) is 19.0. The van der Waals surface area contributed by atoms with Crippen LogP contribution in [0.5, 0.6) is 0 Å². The van der Waals surface area contributed by atoms with Gasteiger partial charge in [0.1, 0.15) is 5.01 Å². The molecule has 2 atom stereocenters. The van der Waals surface area contributed by atoms with E-state index in [2.05, 4.69) is 58.7 Å². The van der Waals surface area contributed by atoms with Gasteiger partial charge in [-0.25, -0.2) is 18.1 Å². The summed E-state index contributed by atoms with van der Waals surface area (Å²) >= 11 is 8.31. The molecule has 11 heteroatoms. The molecule has 1 fully saturated rings. The van der Waals surface area contributed by atoms with Crippen molar-refractivity contribution in [2.45, 2.75) is 29.9 Å². The lowest BCUT2D eigenvalue weighted by Gasteiger charge is -2.24. The van der Waals surface area contributed by atoms with E-state index < -0.39 is 10.0 Å². The molecule has 1 aliphatic rings. The fraction of sp³-hybridized carbons (Fsp3) is 0.333. The molecule has 0 unspecified atom stereocenters. The molecule has 1 saturated heterocycles. The van der Waals surface area contributed by atoms with Crippen LogP contribution in [-0.4, -0.2) is 55.4 Å². The highest BCUT2D eigenvalue weighted by atomic mass is 79.9. The molecule has 32 heavy (non-hydrogen) atoms. The zero-order valence-corrected chi connectivity index (χ0v) is 22.0. The van der Waals surface area contributed by atoms with E-state index in [4.69, 9.17) is 0 Å². The van der Waals surface area contributed by atoms with E-state index in [1.54, 1.807) is 34.4 Å². The molecule has 0 saturated carbocycles. The number of benzene rings is 2. The summed E-state index contributed by atoms with van der Waals surface area (Å²) in [4.78, 5) is 8.65. The maximum atomic E-state index is 12.9. The third-order valence-electron chi connectivity index (χ3n) is 5.31. The number of nitrogens with one attached hydrogen (secondary N) is 1. The molecule has 0 spiro atoms. The maximum absolute atomic E-state index is 12.9. The average molecular weight is 599 g/mol. The number of nitrogens with zero attached hydrogens (tertiary/aromatic N) is 4. The van der Waals surface area contributed by atoms with E-state index in [0.29, 0.717) is 35.0 Å². The van der Waals surface area contributed by atoms with Crippen LogP contribution in [0.15, 0.2) is 56.3 Å². The zero-order chi connectivity index (χ0) is 22.9. The number of para-hydroxylation sites is 1. The average Bonchev–Trinajstić information content (AvgIpc) is 3.31. The third-order valence-corrected chi connectivity index (χ3v) is 9.34. The monoisotopic (exact) mass is 597 g/mol. The van der Waals surface area contributed by atoms with Crippen LogP contribution in [0.25, 0.3) is 10.2 Å². The second-order valence-corrected chi connectivity index (χ2v) is 12.4. The van der Waals surface area contributed by atoms with Crippen molar-refractivity contribution >= 4 is 63.4 Å². The molecule has 0 radical (unpaired) electrons. The molecule has 2 aromatic carbocycles. The van der Waals surface area contributed by atoms with Crippen molar-refractivity contribution in [3.8, 4) is 6.19 Å². The van der Waals surface area contributed by atoms with Crippen LogP contribution >= 0.6 is 43.2 Å². The number of aromatic nitrogens is 1. The lowest BCUT2D eigenvalue weighted by atomic mass is 10.2. The number of rotatable bonds is 7. The zero-order valence-electron chi connectivity index (χ0n) is 17.2. The van der Waals surface area contributed by atoms with Gasteiger partial charge in [-0.15, -0.1) is 11.3 Å². The van der Waals surface area contributed by atoms with E-state index in [1.165, 1.54) is 0 Å². The molecule has 168 valence electrons. The van der Waals surface area contributed by atoms with E-state index in [0.717, 1.165) is 15.2 Å². The number of halogens is 2. The first kappa shape index (κ1) is 23.6.